The van der Waals surface area contributed by atoms with Crippen LogP contribution < -0.4 is 9.47 Å². The lowest BCUT2D eigenvalue weighted by molar-refractivity contribution is -0.138. The molecule has 6 nitrogen and oxygen atoms in total. The molecule has 1 aromatic rings. The Labute approximate surface area is 184 Å². The SMILES string of the molecule is C=CCOC(=O)C1=C(C)N=C2CC(C)(C)CC(=O)C2[C@H]1c1ccc(OCC)c(OC)c1. The molecule has 1 heterocycles. The summed E-state index contributed by atoms with van der Waals surface area (Å²) in [5, 5.41) is 0. The predicted octanol–water partition coefficient (Wildman–Crippen LogP) is 4.64. The molecule has 0 spiro atoms. The van der Waals surface area contributed by atoms with Crippen LogP contribution in [0.25, 0.3) is 0 Å². The summed E-state index contributed by atoms with van der Waals surface area (Å²) < 4.78 is 16.5. The van der Waals surface area contributed by atoms with Gasteiger partial charge in [0.25, 0.3) is 0 Å². The van der Waals surface area contributed by atoms with Crippen molar-refractivity contribution in [3.8, 4) is 11.5 Å². The van der Waals surface area contributed by atoms with Gasteiger partial charge in [-0.3, -0.25) is 9.79 Å². The molecule has 0 amide bonds. The third-order valence-corrected chi connectivity index (χ3v) is 5.76. The number of fused-ring (bicyclic) bond motifs is 1. The number of esters is 1. The number of benzene rings is 1. The smallest absolute Gasteiger partial charge is 0.336 e. The molecule has 0 aromatic heterocycles. The second-order valence-corrected chi connectivity index (χ2v) is 8.77. The van der Waals surface area contributed by atoms with Crippen molar-refractivity contribution in [3.05, 3.63) is 47.7 Å². The summed E-state index contributed by atoms with van der Waals surface area (Å²) in [4.78, 5) is 31.1. The Hall–Kier alpha value is -2.89. The van der Waals surface area contributed by atoms with Crippen molar-refractivity contribution in [1.82, 2.24) is 0 Å². The number of hydrogen-bond donors (Lipinski definition) is 0. The zero-order chi connectivity index (χ0) is 22.8. The lowest BCUT2D eigenvalue weighted by atomic mass is 9.63. The fourth-order valence-corrected chi connectivity index (χ4v) is 4.58. The predicted molar refractivity (Wildman–Crippen MR) is 120 cm³/mol. The monoisotopic (exact) mass is 425 g/mol. The summed E-state index contributed by atoms with van der Waals surface area (Å²) >= 11 is 0. The number of Topliss-reactive ketones (excluding diaryl/α,β-unsaturated/α-hetero) is 1. The van der Waals surface area contributed by atoms with E-state index in [1.165, 1.54) is 6.08 Å². The number of methoxy groups -OCH3 is 1. The van der Waals surface area contributed by atoms with Gasteiger partial charge in [-0.1, -0.05) is 32.6 Å². The second-order valence-electron chi connectivity index (χ2n) is 8.77. The third-order valence-electron chi connectivity index (χ3n) is 5.76. The molecule has 0 N–H and O–H groups in total. The first-order valence-electron chi connectivity index (χ1n) is 10.6. The second kappa shape index (κ2) is 9.08. The highest BCUT2D eigenvalue weighted by Crippen LogP contribution is 2.48. The van der Waals surface area contributed by atoms with Gasteiger partial charge >= 0.3 is 5.97 Å². The molecule has 0 saturated heterocycles. The van der Waals surface area contributed by atoms with Gasteiger partial charge in [-0.15, -0.1) is 0 Å². The van der Waals surface area contributed by atoms with Crippen LogP contribution in [0.3, 0.4) is 0 Å². The molecule has 166 valence electrons. The molecule has 1 unspecified atom stereocenters. The van der Waals surface area contributed by atoms with Gasteiger partial charge < -0.3 is 14.2 Å². The Bertz CT molecular complexity index is 957. The number of ether oxygens (including phenoxy) is 3. The Morgan fingerprint density at radius 2 is 2.00 bits per heavy atom. The molecule has 1 aliphatic carbocycles. The number of ketones is 1. The molecule has 1 fully saturated rings. The van der Waals surface area contributed by atoms with Crippen LogP contribution in [0.5, 0.6) is 11.5 Å². The number of rotatable bonds is 7. The number of hydrogen-bond acceptors (Lipinski definition) is 6. The molecule has 6 heteroatoms. The van der Waals surface area contributed by atoms with Gasteiger partial charge in [-0.05, 0) is 43.4 Å². The van der Waals surface area contributed by atoms with Crippen molar-refractivity contribution in [2.45, 2.75) is 46.5 Å². The van der Waals surface area contributed by atoms with E-state index in [0.717, 1.165) is 11.3 Å². The highest BCUT2D eigenvalue weighted by Gasteiger charge is 2.47. The zero-order valence-corrected chi connectivity index (χ0v) is 19.0. The van der Waals surface area contributed by atoms with Crippen LogP contribution in [-0.2, 0) is 14.3 Å². The maximum atomic E-state index is 13.3. The Morgan fingerprint density at radius 1 is 1.26 bits per heavy atom. The molecule has 0 radical (unpaired) electrons. The average molecular weight is 426 g/mol. The highest BCUT2D eigenvalue weighted by molar-refractivity contribution is 6.12. The number of allylic oxidation sites excluding steroid dienone is 1. The first-order valence-corrected chi connectivity index (χ1v) is 10.6. The van der Waals surface area contributed by atoms with Crippen LogP contribution in [0.4, 0.5) is 0 Å². The minimum atomic E-state index is -0.495. The molecule has 2 aliphatic rings. The third kappa shape index (κ3) is 4.58. The van der Waals surface area contributed by atoms with Crippen LogP contribution in [0, 0.1) is 11.3 Å². The normalized spacial score (nSPS) is 22.4. The Balaban J connectivity index is 2.15. The first kappa shape index (κ1) is 22.8. The number of aliphatic imine (C=N–C) groups is 1. The number of nitrogens with zero attached hydrogens (tertiary/aromatic N) is 1. The first-order chi connectivity index (χ1) is 14.7. The lowest BCUT2D eigenvalue weighted by Gasteiger charge is -2.41. The highest BCUT2D eigenvalue weighted by atomic mass is 16.5. The standard InChI is InChI=1S/C25H31NO5/c1-7-11-31-24(28)21-15(3)26-17-13-25(4,5)14-18(27)23(17)22(21)16-9-10-19(30-8-2)20(12-16)29-6/h7,9-10,12,22-23H,1,8,11,13-14H2,2-6H3/t22-,23?/m0/s1. The van der Waals surface area contributed by atoms with E-state index in [9.17, 15) is 9.59 Å². The van der Waals surface area contributed by atoms with Gasteiger partial charge in [0.1, 0.15) is 12.4 Å². The largest absolute Gasteiger partial charge is 0.493 e. The average Bonchev–Trinajstić information content (AvgIpc) is 2.70. The van der Waals surface area contributed by atoms with Crippen molar-refractivity contribution in [2.75, 3.05) is 20.3 Å². The summed E-state index contributed by atoms with van der Waals surface area (Å²) in [6, 6.07) is 5.56. The molecule has 3 rings (SSSR count). The van der Waals surface area contributed by atoms with Crippen molar-refractivity contribution in [3.63, 3.8) is 0 Å². The maximum absolute atomic E-state index is 13.3. The lowest BCUT2D eigenvalue weighted by Crippen LogP contribution is -2.44. The summed E-state index contributed by atoms with van der Waals surface area (Å²) in [6.07, 6.45) is 2.67. The van der Waals surface area contributed by atoms with Gasteiger partial charge in [0.05, 0.1) is 25.2 Å². The van der Waals surface area contributed by atoms with Gasteiger partial charge in [0.2, 0.25) is 0 Å². The van der Waals surface area contributed by atoms with E-state index in [-0.39, 0.29) is 17.8 Å². The van der Waals surface area contributed by atoms with Crippen molar-refractivity contribution in [2.24, 2.45) is 16.3 Å². The summed E-state index contributed by atoms with van der Waals surface area (Å²) in [7, 11) is 1.57. The molecule has 1 saturated carbocycles. The minimum Gasteiger partial charge on any atom is -0.493 e. The minimum absolute atomic E-state index is 0.0920. The molecule has 31 heavy (non-hydrogen) atoms. The fraction of sp³-hybridized carbons (Fsp3) is 0.480. The van der Waals surface area contributed by atoms with Crippen molar-refractivity contribution >= 4 is 17.5 Å². The quantitative estimate of drug-likeness (QED) is 0.470. The van der Waals surface area contributed by atoms with Crippen LogP contribution >= 0.6 is 0 Å². The van der Waals surface area contributed by atoms with E-state index in [2.05, 4.69) is 20.4 Å². The Kier molecular flexibility index (Phi) is 6.68. The molecule has 1 aliphatic heterocycles. The summed E-state index contributed by atoms with van der Waals surface area (Å²) in [6.45, 7) is 12.1. The molecular weight excluding hydrogens is 394 g/mol. The molecular formula is C25H31NO5. The van der Waals surface area contributed by atoms with Crippen molar-refractivity contribution < 1.29 is 23.8 Å². The van der Waals surface area contributed by atoms with Crippen LogP contribution in [0.1, 0.15) is 52.0 Å². The topological polar surface area (TPSA) is 74.2 Å². The number of carbonyl (C=O) groups excluding carboxylic acids is 2. The zero-order valence-electron chi connectivity index (χ0n) is 19.0. The van der Waals surface area contributed by atoms with Gasteiger partial charge in [-0.2, -0.15) is 0 Å². The van der Waals surface area contributed by atoms with E-state index in [1.807, 2.05) is 25.1 Å². The van der Waals surface area contributed by atoms with E-state index in [1.54, 1.807) is 14.0 Å². The van der Waals surface area contributed by atoms with Gasteiger partial charge in [0.15, 0.2) is 11.5 Å². The summed E-state index contributed by atoms with van der Waals surface area (Å²) in [5.41, 5.74) is 2.47. The van der Waals surface area contributed by atoms with Crippen molar-refractivity contribution in [1.29, 1.82) is 0 Å². The maximum Gasteiger partial charge on any atom is 0.336 e. The van der Waals surface area contributed by atoms with E-state index in [4.69, 9.17) is 19.2 Å². The molecule has 0 bridgehead atoms. The van der Waals surface area contributed by atoms with Gasteiger partial charge in [0, 0.05) is 23.7 Å². The molecule has 1 aromatic carbocycles. The van der Waals surface area contributed by atoms with E-state index in [0.29, 0.717) is 42.2 Å². The Morgan fingerprint density at radius 3 is 2.65 bits per heavy atom. The number of carbonyl (C=O) groups is 2. The summed E-state index contributed by atoms with van der Waals surface area (Å²) in [5.74, 6) is -0.191. The molecule has 2 atom stereocenters. The van der Waals surface area contributed by atoms with Gasteiger partial charge in [-0.25, -0.2) is 4.79 Å². The fourth-order valence-electron chi connectivity index (χ4n) is 4.58. The van der Waals surface area contributed by atoms with Crippen LogP contribution in [0.15, 0.2) is 47.1 Å². The van der Waals surface area contributed by atoms with E-state index >= 15 is 0 Å². The van der Waals surface area contributed by atoms with E-state index < -0.39 is 17.8 Å². The van der Waals surface area contributed by atoms with Crippen LogP contribution in [-0.4, -0.2) is 37.8 Å². The van der Waals surface area contributed by atoms with Crippen LogP contribution in [0.2, 0.25) is 0 Å².